The zero-order valence-electron chi connectivity index (χ0n) is 18.6. The van der Waals surface area contributed by atoms with E-state index in [-0.39, 0.29) is 11.9 Å². The highest BCUT2D eigenvalue weighted by atomic mass is 19.1. The number of nitrogens with one attached hydrogen (secondary N) is 1. The number of aromatic nitrogens is 3. The predicted octanol–water partition coefficient (Wildman–Crippen LogP) is 2.96. The monoisotopic (exact) mass is 454 g/mol. The number of pyridine rings is 3. The Kier molecular flexibility index (Phi) is 6.61. The maximum atomic E-state index is 14.5. The first-order chi connectivity index (χ1) is 16.2. The summed E-state index contributed by atoms with van der Waals surface area (Å²) in [4.78, 5) is 13.0. The molecule has 2 aliphatic heterocycles. The van der Waals surface area contributed by atoms with Crippen LogP contribution >= 0.6 is 0 Å². The van der Waals surface area contributed by atoms with Crippen LogP contribution in [0.3, 0.4) is 0 Å². The van der Waals surface area contributed by atoms with E-state index in [1.807, 2.05) is 6.20 Å². The molecule has 0 aliphatic carbocycles. The van der Waals surface area contributed by atoms with E-state index in [4.69, 9.17) is 18.9 Å². The lowest BCUT2D eigenvalue weighted by atomic mass is 10.1. The molecule has 0 spiro atoms. The van der Waals surface area contributed by atoms with E-state index in [0.717, 1.165) is 30.9 Å². The molecule has 0 radical (unpaired) electrons. The molecule has 2 aliphatic rings. The summed E-state index contributed by atoms with van der Waals surface area (Å²) in [6, 6.07) is 5.66. The van der Waals surface area contributed by atoms with Crippen LogP contribution in [0.25, 0.3) is 11.0 Å². The lowest BCUT2D eigenvalue weighted by Gasteiger charge is -2.30. The van der Waals surface area contributed by atoms with Gasteiger partial charge in [0, 0.05) is 24.6 Å². The third-order valence-corrected chi connectivity index (χ3v) is 5.97. The second kappa shape index (κ2) is 9.94. The van der Waals surface area contributed by atoms with E-state index in [1.54, 1.807) is 12.1 Å². The van der Waals surface area contributed by atoms with Crippen LogP contribution in [0.1, 0.15) is 29.7 Å². The van der Waals surface area contributed by atoms with Crippen LogP contribution < -0.4 is 14.8 Å². The minimum atomic E-state index is -0.393. The number of halogens is 1. The van der Waals surface area contributed by atoms with Gasteiger partial charge in [-0.15, -0.1) is 0 Å². The highest BCUT2D eigenvalue weighted by molar-refractivity contribution is 5.78. The SMILES string of the molecule is COc1ccc2ncc(F)c(CC[C@H]3OC[C@H](NCc4cc5c(cn4)OCCC5)CO3)c2n1. The summed E-state index contributed by atoms with van der Waals surface area (Å²) >= 11 is 0. The van der Waals surface area contributed by atoms with E-state index >= 15 is 0 Å². The van der Waals surface area contributed by atoms with Crippen LogP contribution in [0.2, 0.25) is 0 Å². The molecular weight excluding hydrogens is 427 g/mol. The second-order valence-corrected chi connectivity index (χ2v) is 8.25. The number of nitrogens with zero attached hydrogens (tertiary/aromatic N) is 3. The molecule has 0 bridgehead atoms. The third kappa shape index (κ3) is 5.05. The summed E-state index contributed by atoms with van der Waals surface area (Å²) in [5, 5.41) is 3.44. The Morgan fingerprint density at radius 2 is 2.06 bits per heavy atom. The van der Waals surface area contributed by atoms with Gasteiger partial charge in [0.1, 0.15) is 11.6 Å². The average Bonchev–Trinajstić information content (AvgIpc) is 2.87. The van der Waals surface area contributed by atoms with Gasteiger partial charge in [0.2, 0.25) is 5.88 Å². The topological polar surface area (TPSA) is 87.6 Å². The fraction of sp³-hybridized carbons (Fsp3) is 0.458. The Bertz CT molecular complexity index is 1120. The van der Waals surface area contributed by atoms with Crippen molar-refractivity contribution in [2.24, 2.45) is 0 Å². The summed E-state index contributed by atoms with van der Waals surface area (Å²) in [7, 11) is 1.53. The summed E-state index contributed by atoms with van der Waals surface area (Å²) in [6.07, 6.45) is 5.66. The van der Waals surface area contributed by atoms with Crippen LogP contribution in [-0.4, -0.2) is 54.2 Å². The lowest BCUT2D eigenvalue weighted by molar-refractivity contribution is -0.192. The fourth-order valence-electron chi connectivity index (χ4n) is 4.17. The van der Waals surface area contributed by atoms with Gasteiger partial charge in [-0.05, 0) is 37.0 Å². The summed E-state index contributed by atoms with van der Waals surface area (Å²) in [5.74, 6) is 0.932. The van der Waals surface area contributed by atoms with Crippen molar-refractivity contribution in [1.29, 1.82) is 0 Å². The number of hydrogen-bond donors (Lipinski definition) is 1. The van der Waals surface area contributed by atoms with Crippen LogP contribution in [-0.2, 0) is 28.9 Å². The van der Waals surface area contributed by atoms with Crippen LogP contribution in [0.5, 0.6) is 11.6 Å². The largest absolute Gasteiger partial charge is 0.492 e. The molecule has 3 aromatic heterocycles. The van der Waals surface area contributed by atoms with E-state index in [9.17, 15) is 4.39 Å². The fourth-order valence-corrected chi connectivity index (χ4v) is 4.17. The van der Waals surface area contributed by atoms with Gasteiger partial charge in [-0.3, -0.25) is 9.97 Å². The lowest BCUT2D eigenvalue weighted by Crippen LogP contribution is -2.44. The molecule has 1 saturated heterocycles. The molecule has 1 N–H and O–H groups in total. The zero-order chi connectivity index (χ0) is 22.6. The van der Waals surface area contributed by atoms with Crippen molar-refractivity contribution in [3.8, 4) is 11.6 Å². The highest BCUT2D eigenvalue weighted by Gasteiger charge is 2.23. The van der Waals surface area contributed by atoms with Crippen molar-refractivity contribution in [2.75, 3.05) is 26.9 Å². The molecule has 174 valence electrons. The summed E-state index contributed by atoms with van der Waals surface area (Å²) < 4.78 is 37.0. The first-order valence-electron chi connectivity index (χ1n) is 11.2. The first-order valence-corrected chi connectivity index (χ1v) is 11.2. The quantitative estimate of drug-likeness (QED) is 0.583. The molecule has 33 heavy (non-hydrogen) atoms. The second-order valence-electron chi connectivity index (χ2n) is 8.25. The van der Waals surface area contributed by atoms with Gasteiger partial charge >= 0.3 is 0 Å². The number of aryl methyl sites for hydroxylation is 2. The van der Waals surface area contributed by atoms with Crippen molar-refractivity contribution in [2.45, 2.75) is 44.6 Å². The van der Waals surface area contributed by atoms with Gasteiger partial charge in [0.15, 0.2) is 6.29 Å². The molecule has 0 atom stereocenters. The van der Waals surface area contributed by atoms with Gasteiger partial charge < -0.3 is 24.3 Å². The molecule has 5 rings (SSSR count). The summed E-state index contributed by atoms with van der Waals surface area (Å²) in [6.45, 7) is 2.44. The Morgan fingerprint density at radius 3 is 2.91 bits per heavy atom. The number of rotatable bonds is 7. The van der Waals surface area contributed by atoms with E-state index < -0.39 is 6.29 Å². The van der Waals surface area contributed by atoms with Gasteiger partial charge in [-0.25, -0.2) is 9.37 Å². The molecule has 0 amide bonds. The zero-order valence-corrected chi connectivity index (χ0v) is 18.6. The first kappa shape index (κ1) is 21.9. The van der Waals surface area contributed by atoms with Gasteiger partial charge in [0.25, 0.3) is 0 Å². The van der Waals surface area contributed by atoms with Crippen molar-refractivity contribution in [1.82, 2.24) is 20.3 Å². The molecule has 0 unspecified atom stereocenters. The molecule has 8 nitrogen and oxygen atoms in total. The normalized spacial score (nSPS) is 20.3. The number of methoxy groups -OCH3 is 1. The van der Waals surface area contributed by atoms with Gasteiger partial charge in [-0.1, -0.05) is 0 Å². The maximum absolute atomic E-state index is 14.5. The van der Waals surface area contributed by atoms with Crippen molar-refractivity contribution >= 4 is 11.0 Å². The van der Waals surface area contributed by atoms with Crippen molar-refractivity contribution in [3.05, 3.63) is 53.2 Å². The smallest absolute Gasteiger partial charge is 0.213 e. The molecule has 5 heterocycles. The summed E-state index contributed by atoms with van der Waals surface area (Å²) in [5.41, 5.74) is 3.82. The van der Waals surface area contributed by atoms with Crippen molar-refractivity contribution in [3.63, 3.8) is 0 Å². The predicted molar refractivity (Wildman–Crippen MR) is 119 cm³/mol. The highest BCUT2D eigenvalue weighted by Crippen LogP contribution is 2.25. The maximum Gasteiger partial charge on any atom is 0.213 e. The average molecular weight is 455 g/mol. The number of hydrogen-bond acceptors (Lipinski definition) is 8. The number of fused-ring (bicyclic) bond motifs is 2. The molecule has 9 heteroatoms. The van der Waals surface area contributed by atoms with Crippen LogP contribution in [0, 0.1) is 5.82 Å². The van der Waals surface area contributed by atoms with Gasteiger partial charge in [-0.2, -0.15) is 0 Å². The van der Waals surface area contributed by atoms with Crippen LogP contribution in [0.15, 0.2) is 30.6 Å². The molecule has 3 aromatic rings. The minimum absolute atomic E-state index is 0.0692. The molecule has 0 saturated carbocycles. The Balaban J connectivity index is 1.13. The Morgan fingerprint density at radius 1 is 1.18 bits per heavy atom. The van der Waals surface area contributed by atoms with Gasteiger partial charge in [0.05, 0.1) is 62.1 Å². The molecule has 1 fully saturated rings. The molecular formula is C24H27FN4O4. The standard InChI is InChI=1S/C24H27FN4O4/c1-30-22-6-5-20-24(29-22)18(19(25)11-28-20)4-7-23-32-13-17(14-33-23)26-10-16-9-15-3-2-8-31-21(15)12-27-16/h5-6,9,11-12,17,23,26H,2-4,7-8,10,13-14H2,1H3/t17-,23-. The van der Waals surface area contributed by atoms with E-state index in [1.165, 1.54) is 18.9 Å². The number of ether oxygens (including phenoxy) is 4. The Hall–Kier alpha value is -2.88. The minimum Gasteiger partial charge on any atom is -0.492 e. The Labute approximate surface area is 191 Å². The van der Waals surface area contributed by atoms with E-state index in [2.05, 4.69) is 26.3 Å². The third-order valence-electron chi connectivity index (χ3n) is 5.97. The van der Waals surface area contributed by atoms with Crippen molar-refractivity contribution < 1.29 is 23.3 Å². The van der Waals surface area contributed by atoms with Crippen LogP contribution in [0.4, 0.5) is 4.39 Å². The van der Waals surface area contributed by atoms with E-state index in [0.29, 0.717) is 55.1 Å². The molecule has 0 aromatic carbocycles.